The molecule has 3 rings (SSSR count). The van der Waals surface area contributed by atoms with Crippen LogP contribution in [0.2, 0.25) is 0 Å². The molecule has 2 aromatic rings. The lowest BCUT2D eigenvalue weighted by molar-refractivity contribution is -0.605. The second-order valence-electron chi connectivity index (χ2n) is 4.90. The van der Waals surface area contributed by atoms with E-state index in [4.69, 9.17) is 4.74 Å². The van der Waals surface area contributed by atoms with Crippen LogP contribution in [0.1, 0.15) is 16.8 Å². The van der Waals surface area contributed by atoms with Crippen molar-refractivity contribution >= 4 is 5.91 Å². The van der Waals surface area contributed by atoms with Crippen LogP contribution in [-0.4, -0.2) is 35.0 Å². The predicted molar refractivity (Wildman–Crippen MR) is 74.6 cm³/mol. The average molecular weight is 285 g/mol. The smallest absolute Gasteiger partial charge is 0.260 e. The SMILES string of the molecule is O=C(c1ccc[n+]([O-])c1)N1CCC(Oc2ccccn2)C1. The third-order valence-corrected chi connectivity index (χ3v) is 3.38. The van der Waals surface area contributed by atoms with Crippen LogP contribution in [0.4, 0.5) is 0 Å². The van der Waals surface area contributed by atoms with Gasteiger partial charge in [0.15, 0.2) is 12.4 Å². The van der Waals surface area contributed by atoms with Gasteiger partial charge in [-0.1, -0.05) is 6.07 Å². The van der Waals surface area contributed by atoms with Crippen LogP contribution in [0.3, 0.4) is 0 Å². The second-order valence-corrected chi connectivity index (χ2v) is 4.90. The van der Waals surface area contributed by atoms with Crippen LogP contribution >= 0.6 is 0 Å². The molecule has 0 bridgehead atoms. The molecule has 0 saturated carbocycles. The van der Waals surface area contributed by atoms with E-state index >= 15 is 0 Å². The molecule has 6 nitrogen and oxygen atoms in total. The van der Waals surface area contributed by atoms with E-state index in [9.17, 15) is 10.0 Å². The van der Waals surface area contributed by atoms with Crippen LogP contribution in [0.25, 0.3) is 0 Å². The first-order valence-corrected chi connectivity index (χ1v) is 6.78. The van der Waals surface area contributed by atoms with Gasteiger partial charge in [-0.05, 0) is 12.1 Å². The summed E-state index contributed by atoms with van der Waals surface area (Å²) in [5.74, 6) is 0.418. The zero-order valence-electron chi connectivity index (χ0n) is 11.4. The minimum Gasteiger partial charge on any atom is -0.619 e. The molecule has 108 valence electrons. The van der Waals surface area contributed by atoms with Gasteiger partial charge >= 0.3 is 0 Å². The first-order chi connectivity index (χ1) is 10.2. The zero-order valence-corrected chi connectivity index (χ0v) is 11.4. The number of carbonyl (C=O) groups is 1. The van der Waals surface area contributed by atoms with E-state index in [-0.39, 0.29) is 12.0 Å². The summed E-state index contributed by atoms with van der Waals surface area (Å²) in [4.78, 5) is 18.1. The van der Waals surface area contributed by atoms with Crippen LogP contribution in [0.15, 0.2) is 48.9 Å². The van der Waals surface area contributed by atoms with Gasteiger partial charge in [-0.15, -0.1) is 0 Å². The molecule has 0 spiro atoms. The Morgan fingerprint density at radius 2 is 2.29 bits per heavy atom. The zero-order chi connectivity index (χ0) is 14.7. The summed E-state index contributed by atoms with van der Waals surface area (Å²) in [6, 6.07) is 8.69. The maximum Gasteiger partial charge on any atom is 0.260 e. The molecule has 1 saturated heterocycles. The molecule has 21 heavy (non-hydrogen) atoms. The molecule has 0 N–H and O–H groups in total. The van der Waals surface area contributed by atoms with Crippen molar-refractivity contribution in [3.05, 3.63) is 59.7 Å². The van der Waals surface area contributed by atoms with Crippen molar-refractivity contribution in [2.24, 2.45) is 0 Å². The summed E-state index contributed by atoms with van der Waals surface area (Å²) in [5.41, 5.74) is 0.394. The van der Waals surface area contributed by atoms with Gasteiger partial charge in [0.05, 0.1) is 6.54 Å². The van der Waals surface area contributed by atoms with E-state index in [0.717, 1.165) is 6.42 Å². The lowest BCUT2D eigenvalue weighted by Gasteiger charge is -2.16. The Balaban J connectivity index is 1.63. The second kappa shape index (κ2) is 5.78. The van der Waals surface area contributed by atoms with Gasteiger partial charge in [0.2, 0.25) is 5.88 Å². The van der Waals surface area contributed by atoms with Crippen molar-refractivity contribution in [1.29, 1.82) is 0 Å². The number of aromatic nitrogens is 2. The summed E-state index contributed by atoms with van der Waals surface area (Å²) in [6.45, 7) is 1.12. The van der Waals surface area contributed by atoms with Gasteiger partial charge < -0.3 is 14.8 Å². The van der Waals surface area contributed by atoms with E-state index in [1.807, 2.05) is 12.1 Å². The molecule has 1 unspecified atom stereocenters. The van der Waals surface area contributed by atoms with Crippen molar-refractivity contribution in [3.63, 3.8) is 0 Å². The molecule has 1 aliphatic rings. The summed E-state index contributed by atoms with van der Waals surface area (Å²) in [6.07, 6.45) is 5.01. The molecule has 1 amide bonds. The van der Waals surface area contributed by atoms with Gasteiger partial charge in [-0.3, -0.25) is 4.79 Å². The van der Waals surface area contributed by atoms with E-state index in [1.165, 1.54) is 12.4 Å². The number of ether oxygens (including phenoxy) is 1. The van der Waals surface area contributed by atoms with Gasteiger partial charge in [-0.25, -0.2) is 4.98 Å². The Hall–Kier alpha value is -2.63. The summed E-state index contributed by atoms with van der Waals surface area (Å²) >= 11 is 0. The molecule has 0 aromatic carbocycles. The molecule has 2 aromatic heterocycles. The van der Waals surface area contributed by atoms with Crippen LogP contribution in [0, 0.1) is 5.21 Å². The molecular weight excluding hydrogens is 270 g/mol. The molecule has 0 radical (unpaired) electrons. The van der Waals surface area contributed by atoms with Crippen molar-refractivity contribution < 1.29 is 14.3 Å². The number of rotatable bonds is 3. The molecular formula is C15H15N3O3. The van der Waals surface area contributed by atoms with E-state index < -0.39 is 0 Å². The first-order valence-electron chi connectivity index (χ1n) is 6.78. The summed E-state index contributed by atoms with van der Waals surface area (Å²) < 4.78 is 6.37. The van der Waals surface area contributed by atoms with Crippen molar-refractivity contribution in [1.82, 2.24) is 9.88 Å². The lowest BCUT2D eigenvalue weighted by atomic mass is 10.2. The number of hydrogen-bond acceptors (Lipinski definition) is 4. The Bertz CT molecular complexity index is 633. The third-order valence-electron chi connectivity index (χ3n) is 3.38. The van der Waals surface area contributed by atoms with E-state index in [0.29, 0.717) is 29.3 Å². The summed E-state index contributed by atoms with van der Waals surface area (Å²) in [5, 5.41) is 11.2. The summed E-state index contributed by atoms with van der Waals surface area (Å²) in [7, 11) is 0. The lowest BCUT2D eigenvalue weighted by Crippen LogP contribution is -2.33. The number of hydrogen-bond donors (Lipinski definition) is 0. The van der Waals surface area contributed by atoms with Crippen molar-refractivity contribution in [2.45, 2.75) is 12.5 Å². The number of likely N-dealkylation sites (tertiary alicyclic amines) is 1. The topological polar surface area (TPSA) is 69.4 Å². The van der Waals surface area contributed by atoms with E-state index in [1.54, 1.807) is 29.3 Å². The number of amides is 1. The maximum atomic E-state index is 12.3. The third kappa shape index (κ3) is 3.10. The van der Waals surface area contributed by atoms with Gasteiger partial charge in [0.25, 0.3) is 5.91 Å². The number of nitrogens with zero attached hydrogens (tertiary/aromatic N) is 3. The predicted octanol–water partition coefficient (Wildman–Crippen LogP) is 1.01. The van der Waals surface area contributed by atoms with Crippen molar-refractivity contribution in [3.8, 4) is 5.88 Å². The van der Waals surface area contributed by atoms with Gasteiger partial charge in [0, 0.05) is 31.3 Å². The maximum absolute atomic E-state index is 12.3. The number of carbonyl (C=O) groups excluding carboxylic acids is 1. The fourth-order valence-electron chi connectivity index (χ4n) is 2.36. The van der Waals surface area contributed by atoms with Crippen molar-refractivity contribution in [2.75, 3.05) is 13.1 Å². The molecule has 0 aliphatic carbocycles. The highest BCUT2D eigenvalue weighted by atomic mass is 16.5. The average Bonchev–Trinajstić information content (AvgIpc) is 2.96. The van der Waals surface area contributed by atoms with Crippen LogP contribution in [0.5, 0.6) is 5.88 Å². The Kier molecular flexibility index (Phi) is 3.68. The van der Waals surface area contributed by atoms with Gasteiger partial charge in [-0.2, -0.15) is 4.73 Å². The standard InChI is InChI=1S/C15H15N3O3/c19-15(12-4-3-8-18(20)10-12)17-9-6-13(11-17)21-14-5-1-2-7-16-14/h1-5,7-8,10,13H,6,9,11H2. The minimum absolute atomic E-state index is 0.0630. The van der Waals surface area contributed by atoms with Crippen LogP contribution < -0.4 is 9.47 Å². The molecule has 1 atom stereocenters. The highest BCUT2D eigenvalue weighted by Gasteiger charge is 2.29. The first kappa shape index (κ1) is 13.4. The van der Waals surface area contributed by atoms with Gasteiger partial charge in [0.1, 0.15) is 11.7 Å². The monoisotopic (exact) mass is 285 g/mol. The minimum atomic E-state index is -0.146. The largest absolute Gasteiger partial charge is 0.619 e. The Morgan fingerprint density at radius 3 is 3.05 bits per heavy atom. The Morgan fingerprint density at radius 1 is 1.38 bits per heavy atom. The van der Waals surface area contributed by atoms with E-state index in [2.05, 4.69) is 4.98 Å². The normalized spacial score (nSPS) is 17.7. The van der Waals surface area contributed by atoms with Crippen LogP contribution in [-0.2, 0) is 0 Å². The molecule has 6 heteroatoms. The molecule has 3 heterocycles. The highest BCUT2D eigenvalue weighted by Crippen LogP contribution is 2.17. The fraction of sp³-hybridized carbons (Fsp3) is 0.267. The number of pyridine rings is 2. The molecule has 1 aliphatic heterocycles. The Labute approximate surface area is 122 Å². The highest BCUT2D eigenvalue weighted by molar-refractivity contribution is 5.93. The molecule has 1 fully saturated rings. The quantitative estimate of drug-likeness (QED) is 0.623. The fourth-order valence-corrected chi connectivity index (χ4v) is 2.36.